The van der Waals surface area contributed by atoms with Crippen molar-refractivity contribution in [3.8, 4) is 6.01 Å². The van der Waals surface area contributed by atoms with Gasteiger partial charge in [0.15, 0.2) is 0 Å². The van der Waals surface area contributed by atoms with Gasteiger partial charge in [-0.2, -0.15) is 15.0 Å². The van der Waals surface area contributed by atoms with E-state index in [2.05, 4.69) is 60.2 Å². The fourth-order valence-corrected chi connectivity index (χ4v) is 2.45. The summed E-state index contributed by atoms with van der Waals surface area (Å²) in [6.07, 6.45) is 1.91. The maximum absolute atomic E-state index is 5.51. The van der Waals surface area contributed by atoms with Gasteiger partial charge in [-0.15, -0.1) is 0 Å². The van der Waals surface area contributed by atoms with E-state index in [0.717, 1.165) is 12.8 Å². The number of rotatable bonds is 7. The highest BCUT2D eigenvalue weighted by atomic mass is 16.5. The molecular formula is C15H29N5O. The van der Waals surface area contributed by atoms with Gasteiger partial charge in [-0.3, -0.25) is 0 Å². The molecule has 0 radical (unpaired) electrons. The molecule has 0 saturated heterocycles. The van der Waals surface area contributed by atoms with Crippen molar-refractivity contribution >= 4 is 11.9 Å². The van der Waals surface area contributed by atoms with Gasteiger partial charge in [0.25, 0.3) is 0 Å². The van der Waals surface area contributed by atoms with Crippen LogP contribution in [0.2, 0.25) is 0 Å². The van der Waals surface area contributed by atoms with E-state index in [1.807, 2.05) is 6.92 Å². The van der Waals surface area contributed by atoms with E-state index >= 15 is 0 Å². The van der Waals surface area contributed by atoms with Crippen molar-refractivity contribution in [2.45, 2.75) is 59.9 Å². The van der Waals surface area contributed by atoms with Crippen LogP contribution in [-0.2, 0) is 0 Å². The van der Waals surface area contributed by atoms with Gasteiger partial charge in [-0.05, 0) is 32.1 Å². The quantitative estimate of drug-likeness (QED) is 0.804. The van der Waals surface area contributed by atoms with Crippen LogP contribution in [0.3, 0.4) is 0 Å². The molecule has 0 unspecified atom stereocenters. The van der Waals surface area contributed by atoms with E-state index < -0.39 is 0 Å². The highest BCUT2D eigenvalue weighted by Gasteiger charge is 2.26. The fraction of sp³-hybridized carbons (Fsp3) is 0.800. The highest BCUT2D eigenvalue weighted by Crippen LogP contribution is 2.29. The molecule has 0 fully saturated rings. The first-order valence-corrected chi connectivity index (χ1v) is 7.50. The monoisotopic (exact) mass is 295 g/mol. The number of anilines is 2. The van der Waals surface area contributed by atoms with Crippen LogP contribution >= 0.6 is 0 Å². The zero-order valence-corrected chi connectivity index (χ0v) is 14.4. The Bertz CT molecular complexity index is 454. The van der Waals surface area contributed by atoms with E-state index in [9.17, 15) is 0 Å². The van der Waals surface area contributed by atoms with Gasteiger partial charge in [0.05, 0.1) is 6.61 Å². The Hall–Kier alpha value is -1.59. The number of nitrogens with one attached hydrogen (secondary N) is 2. The zero-order chi connectivity index (χ0) is 16.1. The topological polar surface area (TPSA) is 72.0 Å². The van der Waals surface area contributed by atoms with Gasteiger partial charge in [-0.1, -0.05) is 27.7 Å². The molecule has 120 valence electrons. The van der Waals surface area contributed by atoms with E-state index in [0.29, 0.717) is 24.5 Å². The lowest BCUT2D eigenvalue weighted by atomic mass is 9.82. The second kappa shape index (κ2) is 6.91. The Morgan fingerprint density at radius 1 is 1.00 bits per heavy atom. The first-order chi connectivity index (χ1) is 9.65. The van der Waals surface area contributed by atoms with E-state index in [4.69, 9.17) is 4.74 Å². The summed E-state index contributed by atoms with van der Waals surface area (Å²) in [5.41, 5.74) is 0.101. The van der Waals surface area contributed by atoms with Crippen LogP contribution in [-0.4, -0.2) is 34.1 Å². The molecule has 21 heavy (non-hydrogen) atoms. The smallest absolute Gasteiger partial charge is 0.323 e. The van der Waals surface area contributed by atoms with Crippen molar-refractivity contribution in [2.75, 3.05) is 24.3 Å². The first kappa shape index (κ1) is 17.5. The molecule has 1 heterocycles. The lowest BCUT2D eigenvalue weighted by Gasteiger charge is -2.33. The van der Waals surface area contributed by atoms with Crippen molar-refractivity contribution in [3.05, 3.63) is 0 Å². The zero-order valence-electron chi connectivity index (χ0n) is 14.4. The summed E-state index contributed by atoms with van der Waals surface area (Å²) in [5.74, 6) is 1.04. The maximum Gasteiger partial charge on any atom is 0.323 e. The second-order valence-electron chi connectivity index (χ2n) is 7.11. The number of aromatic nitrogens is 3. The average Bonchev–Trinajstić information content (AvgIpc) is 2.32. The average molecular weight is 295 g/mol. The molecule has 1 rings (SSSR count). The normalized spacial score (nSPS) is 12.1. The van der Waals surface area contributed by atoms with Crippen LogP contribution in [0, 0.1) is 5.41 Å². The standard InChI is InChI=1S/C15H29N5O/c1-8-9-21-13-18-11(16-7)17-12(19-13)20-15(5,6)10-14(2,3)4/h8-10H2,1-7H3,(H2,16,17,18,19,20). The lowest BCUT2D eigenvalue weighted by molar-refractivity contribution is 0.289. The third-order valence-electron chi connectivity index (χ3n) is 2.70. The number of nitrogens with zero attached hydrogens (tertiary/aromatic N) is 3. The van der Waals surface area contributed by atoms with Crippen molar-refractivity contribution in [3.63, 3.8) is 0 Å². The molecule has 0 bridgehead atoms. The van der Waals surface area contributed by atoms with Crippen molar-refractivity contribution in [1.29, 1.82) is 0 Å². The first-order valence-electron chi connectivity index (χ1n) is 7.50. The molecular weight excluding hydrogens is 266 g/mol. The summed E-state index contributed by atoms with van der Waals surface area (Å²) in [6, 6.07) is 0.352. The SMILES string of the molecule is CCCOc1nc(NC)nc(NC(C)(C)CC(C)(C)C)n1. The van der Waals surface area contributed by atoms with Crippen molar-refractivity contribution < 1.29 is 4.74 Å². The van der Waals surface area contributed by atoms with Gasteiger partial charge in [0, 0.05) is 12.6 Å². The van der Waals surface area contributed by atoms with Gasteiger partial charge in [0.1, 0.15) is 0 Å². The molecule has 6 heteroatoms. The molecule has 1 aromatic heterocycles. The van der Waals surface area contributed by atoms with Crippen LogP contribution in [0.15, 0.2) is 0 Å². The molecule has 0 aromatic carbocycles. The minimum Gasteiger partial charge on any atom is -0.463 e. The van der Waals surface area contributed by atoms with Gasteiger partial charge in [-0.25, -0.2) is 0 Å². The molecule has 2 N–H and O–H groups in total. The van der Waals surface area contributed by atoms with E-state index in [1.54, 1.807) is 7.05 Å². The summed E-state index contributed by atoms with van der Waals surface area (Å²) < 4.78 is 5.51. The third kappa shape index (κ3) is 6.60. The van der Waals surface area contributed by atoms with E-state index in [1.165, 1.54) is 0 Å². The predicted molar refractivity (Wildman–Crippen MR) is 86.9 cm³/mol. The predicted octanol–water partition coefficient (Wildman–Crippen LogP) is 3.33. The van der Waals surface area contributed by atoms with Gasteiger partial charge >= 0.3 is 6.01 Å². The Kier molecular flexibility index (Phi) is 5.75. The molecule has 0 aliphatic rings. The minimum atomic E-state index is -0.118. The lowest BCUT2D eigenvalue weighted by Crippen LogP contribution is -2.36. The molecule has 0 atom stereocenters. The van der Waals surface area contributed by atoms with Crippen LogP contribution in [0.1, 0.15) is 54.4 Å². The Morgan fingerprint density at radius 3 is 2.14 bits per heavy atom. The summed E-state index contributed by atoms with van der Waals surface area (Å²) in [5, 5.41) is 6.32. The number of ether oxygens (including phenoxy) is 1. The molecule has 0 aliphatic carbocycles. The van der Waals surface area contributed by atoms with Gasteiger partial charge in [0.2, 0.25) is 11.9 Å². The largest absolute Gasteiger partial charge is 0.463 e. The van der Waals surface area contributed by atoms with E-state index in [-0.39, 0.29) is 11.0 Å². The summed E-state index contributed by atoms with van der Waals surface area (Å²) in [7, 11) is 1.78. The Balaban J connectivity index is 2.90. The second-order valence-corrected chi connectivity index (χ2v) is 7.11. The number of hydrogen-bond donors (Lipinski definition) is 2. The Morgan fingerprint density at radius 2 is 1.62 bits per heavy atom. The van der Waals surface area contributed by atoms with Crippen molar-refractivity contribution in [2.24, 2.45) is 5.41 Å². The fourth-order valence-electron chi connectivity index (χ4n) is 2.45. The van der Waals surface area contributed by atoms with Crippen LogP contribution in [0.25, 0.3) is 0 Å². The van der Waals surface area contributed by atoms with Gasteiger partial charge < -0.3 is 15.4 Å². The summed E-state index contributed by atoms with van der Waals surface area (Å²) in [6.45, 7) is 13.6. The van der Waals surface area contributed by atoms with Crippen LogP contribution < -0.4 is 15.4 Å². The highest BCUT2D eigenvalue weighted by molar-refractivity contribution is 5.37. The molecule has 0 saturated carbocycles. The summed E-state index contributed by atoms with van der Waals surface area (Å²) >= 11 is 0. The molecule has 0 amide bonds. The number of hydrogen-bond acceptors (Lipinski definition) is 6. The van der Waals surface area contributed by atoms with Crippen LogP contribution in [0.4, 0.5) is 11.9 Å². The summed E-state index contributed by atoms with van der Waals surface area (Å²) in [4.78, 5) is 12.9. The molecule has 6 nitrogen and oxygen atoms in total. The molecule has 0 aliphatic heterocycles. The van der Waals surface area contributed by atoms with Crippen molar-refractivity contribution in [1.82, 2.24) is 15.0 Å². The minimum absolute atomic E-state index is 0.118. The molecule has 1 aromatic rings. The maximum atomic E-state index is 5.51. The Labute approximate surface area is 128 Å². The molecule has 0 spiro atoms. The third-order valence-corrected chi connectivity index (χ3v) is 2.70. The van der Waals surface area contributed by atoms with Crippen LogP contribution in [0.5, 0.6) is 6.01 Å².